The Morgan fingerprint density at radius 3 is 2.52 bits per heavy atom. The van der Waals surface area contributed by atoms with Gasteiger partial charge in [0.25, 0.3) is 0 Å². The van der Waals surface area contributed by atoms with Crippen molar-refractivity contribution >= 4 is 5.84 Å². The lowest BCUT2D eigenvalue weighted by Gasteiger charge is -2.08. The molecule has 4 heteroatoms. The van der Waals surface area contributed by atoms with E-state index in [4.69, 9.17) is 10.9 Å². The summed E-state index contributed by atoms with van der Waals surface area (Å²) in [6.45, 7) is 3.89. The lowest BCUT2D eigenvalue weighted by molar-refractivity contribution is 0.318. The number of oxime groups is 1. The Morgan fingerprint density at radius 1 is 1.14 bits per heavy atom. The number of benzene rings is 2. The SMILES string of the molecule is Cc1ccccc1CCNCc1ccc(C(N)=NO)cc1. The summed E-state index contributed by atoms with van der Waals surface area (Å²) in [6, 6.07) is 16.1. The number of amidine groups is 1. The molecule has 0 amide bonds. The van der Waals surface area contributed by atoms with Crippen LogP contribution in [0.4, 0.5) is 0 Å². The number of aryl methyl sites for hydroxylation is 1. The molecule has 0 aliphatic rings. The Bertz CT molecular complexity index is 606. The van der Waals surface area contributed by atoms with Crippen molar-refractivity contribution < 1.29 is 5.21 Å². The molecule has 0 bridgehead atoms. The standard InChI is InChI=1S/C17H21N3O/c1-13-4-2-3-5-15(13)10-11-19-12-14-6-8-16(9-7-14)17(18)20-21/h2-9,19,21H,10-12H2,1H3,(H2,18,20). The first kappa shape index (κ1) is 15.1. The minimum Gasteiger partial charge on any atom is -0.409 e. The minimum absolute atomic E-state index is 0.133. The number of nitrogens with one attached hydrogen (secondary N) is 1. The molecule has 2 aromatic carbocycles. The van der Waals surface area contributed by atoms with Crippen LogP contribution < -0.4 is 11.1 Å². The summed E-state index contributed by atoms with van der Waals surface area (Å²) in [5.74, 6) is 0.133. The fourth-order valence-electron chi connectivity index (χ4n) is 2.20. The van der Waals surface area contributed by atoms with E-state index in [0.717, 1.165) is 25.1 Å². The molecule has 0 aromatic heterocycles. The van der Waals surface area contributed by atoms with Crippen LogP contribution in [0.25, 0.3) is 0 Å². The zero-order valence-electron chi connectivity index (χ0n) is 12.2. The van der Waals surface area contributed by atoms with Crippen LogP contribution in [-0.2, 0) is 13.0 Å². The highest BCUT2D eigenvalue weighted by atomic mass is 16.4. The quantitative estimate of drug-likeness (QED) is 0.251. The summed E-state index contributed by atoms with van der Waals surface area (Å²) in [5, 5.41) is 15.0. The van der Waals surface area contributed by atoms with Crippen molar-refractivity contribution in [2.24, 2.45) is 10.9 Å². The summed E-state index contributed by atoms with van der Waals surface area (Å²) in [7, 11) is 0. The number of nitrogens with two attached hydrogens (primary N) is 1. The largest absolute Gasteiger partial charge is 0.409 e. The lowest BCUT2D eigenvalue weighted by Crippen LogP contribution is -2.17. The van der Waals surface area contributed by atoms with Gasteiger partial charge in [0, 0.05) is 12.1 Å². The van der Waals surface area contributed by atoms with E-state index < -0.39 is 0 Å². The van der Waals surface area contributed by atoms with Gasteiger partial charge in [-0.1, -0.05) is 53.7 Å². The van der Waals surface area contributed by atoms with E-state index in [1.807, 2.05) is 24.3 Å². The average Bonchev–Trinajstić information content (AvgIpc) is 2.53. The maximum absolute atomic E-state index is 8.61. The van der Waals surface area contributed by atoms with Crippen molar-refractivity contribution in [1.82, 2.24) is 5.32 Å². The highest BCUT2D eigenvalue weighted by Crippen LogP contribution is 2.07. The molecule has 0 aliphatic heterocycles. The van der Waals surface area contributed by atoms with Crippen molar-refractivity contribution in [1.29, 1.82) is 0 Å². The predicted molar refractivity (Wildman–Crippen MR) is 85.5 cm³/mol. The zero-order valence-corrected chi connectivity index (χ0v) is 12.2. The highest BCUT2D eigenvalue weighted by Gasteiger charge is 2.00. The van der Waals surface area contributed by atoms with Crippen LogP contribution in [0.1, 0.15) is 22.3 Å². The molecule has 0 heterocycles. The second kappa shape index (κ2) is 7.45. The number of nitrogens with zero attached hydrogens (tertiary/aromatic N) is 1. The Hall–Kier alpha value is -2.33. The maximum Gasteiger partial charge on any atom is 0.170 e. The third-order valence-corrected chi connectivity index (χ3v) is 3.52. The van der Waals surface area contributed by atoms with Crippen LogP contribution in [0.3, 0.4) is 0 Å². The molecular weight excluding hydrogens is 262 g/mol. The van der Waals surface area contributed by atoms with E-state index in [0.29, 0.717) is 0 Å². The second-order valence-electron chi connectivity index (χ2n) is 5.04. The number of hydrogen-bond donors (Lipinski definition) is 3. The van der Waals surface area contributed by atoms with Gasteiger partial charge in [0.2, 0.25) is 0 Å². The maximum atomic E-state index is 8.61. The van der Waals surface area contributed by atoms with Crippen LogP contribution in [0.5, 0.6) is 0 Å². The number of hydrogen-bond acceptors (Lipinski definition) is 3. The molecule has 0 spiro atoms. The summed E-state index contributed by atoms with van der Waals surface area (Å²) in [6.07, 6.45) is 1.02. The molecule has 21 heavy (non-hydrogen) atoms. The smallest absolute Gasteiger partial charge is 0.170 e. The Balaban J connectivity index is 1.80. The second-order valence-corrected chi connectivity index (χ2v) is 5.04. The third-order valence-electron chi connectivity index (χ3n) is 3.52. The fourth-order valence-corrected chi connectivity index (χ4v) is 2.20. The van der Waals surface area contributed by atoms with Gasteiger partial charge in [0.1, 0.15) is 0 Å². The first-order chi connectivity index (χ1) is 10.2. The van der Waals surface area contributed by atoms with Gasteiger partial charge in [0.05, 0.1) is 0 Å². The van der Waals surface area contributed by atoms with Crippen LogP contribution >= 0.6 is 0 Å². The fraction of sp³-hybridized carbons (Fsp3) is 0.235. The summed E-state index contributed by atoms with van der Waals surface area (Å²) >= 11 is 0. The third kappa shape index (κ3) is 4.33. The van der Waals surface area contributed by atoms with Gasteiger partial charge in [-0.25, -0.2) is 0 Å². The first-order valence-corrected chi connectivity index (χ1v) is 7.03. The Labute approximate surface area is 125 Å². The van der Waals surface area contributed by atoms with E-state index in [1.54, 1.807) is 0 Å². The molecule has 0 atom stereocenters. The molecule has 0 saturated heterocycles. The Kier molecular flexibility index (Phi) is 5.35. The van der Waals surface area contributed by atoms with E-state index >= 15 is 0 Å². The molecule has 2 rings (SSSR count). The van der Waals surface area contributed by atoms with E-state index in [-0.39, 0.29) is 5.84 Å². The normalized spacial score (nSPS) is 11.6. The monoisotopic (exact) mass is 283 g/mol. The Morgan fingerprint density at radius 2 is 1.86 bits per heavy atom. The van der Waals surface area contributed by atoms with E-state index in [1.165, 1.54) is 16.7 Å². The number of rotatable bonds is 6. The molecule has 4 N–H and O–H groups in total. The molecule has 2 aromatic rings. The van der Waals surface area contributed by atoms with Gasteiger partial charge < -0.3 is 16.3 Å². The van der Waals surface area contributed by atoms with E-state index in [9.17, 15) is 0 Å². The van der Waals surface area contributed by atoms with Crippen molar-refractivity contribution in [3.8, 4) is 0 Å². The average molecular weight is 283 g/mol. The molecular formula is C17H21N3O. The minimum atomic E-state index is 0.133. The summed E-state index contributed by atoms with van der Waals surface area (Å²) in [5.41, 5.74) is 10.1. The summed E-state index contributed by atoms with van der Waals surface area (Å²) < 4.78 is 0. The molecule has 0 unspecified atom stereocenters. The van der Waals surface area contributed by atoms with Gasteiger partial charge in [-0.15, -0.1) is 0 Å². The van der Waals surface area contributed by atoms with Gasteiger partial charge >= 0.3 is 0 Å². The predicted octanol–water partition coefficient (Wildman–Crippen LogP) is 2.42. The first-order valence-electron chi connectivity index (χ1n) is 7.03. The zero-order chi connectivity index (χ0) is 15.1. The van der Waals surface area contributed by atoms with Crippen LogP contribution in [0.15, 0.2) is 53.7 Å². The molecule has 0 radical (unpaired) electrons. The van der Waals surface area contributed by atoms with Crippen LogP contribution in [-0.4, -0.2) is 17.6 Å². The van der Waals surface area contributed by atoms with Crippen molar-refractivity contribution in [2.45, 2.75) is 19.9 Å². The molecule has 4 nitrogen and oxygen atoms in total. The topological polar surface area (TPSA) is 70.6 Å². The van der Waals surface area contributed by atoms with Gasteiger partial charge in [-0.2, -0.15) is 0 Å². The molecule has 0 aliphatic carbocycles. The van der Waals surface area contributed by atoms with Crippen molar-refractivity contribution in [3.63, 3.8) is 0 Å². The van der Waals surface area contributed by atoms with Gasteiger partial charge in [0.15, 0.2) is 5.84 Å². The van der Waals surface area contributed by atoms with Crippen molar-refractivity contribution in [3.05, 3.63) is 70.8 Å². The summed E-state index contributed by atoms with van der Waals surface area (Å²) in [4.78, 5) is 0. The van der Waals surface area contributed by atoms with Crippen molar-refractivity contribution in [2.75, 3.05) is 6.54 Å². The van der Waals surface area contributed by atoms with E-state index in [2.05, 4.69) is 41.7 Å². The molecule has 0 fully saturated rings. The highest BCUT2D eigenvalue weighted by molar-refractivity contribution is 5.96. The van der Waals surface area contributed by atoms with Crippen LogP contribution in [0.2, 0.25) is 0 Å². The van der Waals surface area contributed by atoms with Gasteiger partial charge in [-0.3, -0.25) is 0 Å². The lowest BCUT2D eigenvalue weighted by atomic mass is 10.1. The van der Waals surface area contributed by atoms with Crippen LogP contribution in [0, 0.1) is 6.92 Å². The molecule has 110 valence electrons. The molecule has 0 saturated carbocycles. The van der Waals surface area contributed by atoms with Gasteiger partial charge in [-0.05, 0) is 36.6 Å².